The first kappa shape index (κ1) is 6.80. The molecule has 1 N–H and O–H groups in total. The number of benzene rings is 1. The summed E-state index contributed by atoms with van der Waals surface area (Å²) in [5, 5.41) is 1.23. The predicted octanol–water partition coefficient (Wildman–Crippen LogP) is 2.77. The summed E-state index contributed by atoms with van der Waals surface area (Å²) in [6.07, 6.45) is 0. The van der Waals surface area contributed by atoms with Crippen LogP contribution in [0.5, 0.6) is 0 Å². The minimum Gasteiger partial charge on any atom is -0.359 e. The van der Waals surface area contributed by atoms with Gasteiger partial charge in [0.1, 0.15) is 0 Å². The van der Waals surface area contributed by atoms with Crippen molar-refractivity contribution in [2.24, 2.45) is 0 Å². The van der Waals surface area contributed by atoms with E-state index >= 15 is 0 Å². The zero-order chi connectivity index (χ0) is 7.84. The number of hydrogen-bond acceptors (Lipinski definition) is 1. The second-order valence-electron chi connectivity index (χ2n) is 2.72. The Morgan fingerprint density at radius 3 is 2.91 bits per heavy atom. The summed E-state index contributed by atoms with van der Waals surface area (Å²) in [5.74, 6) is 0. The summed E-state index contributed by atoms with van der Waals surface area (Å²) in [6, 6.07) is 8.21. The Balaban J connectivity index is 2.82. The third-order valence-electron chi connectivity index (χ3n) is 1.74. The van der Waals surface area contributed by atoms with Crippen molar-refractivity contribution in [2.45, 2.75) is 11.8 Å². The minimum atomic E-state index is 1.01. The van der Waals surface area contributed by atoms with Gasteiger partial charge in [-0.2, -0.15) is 0 Å². The highest BCUT2D eigenvalue weighted by molar-refractivity contribution is 7.80. The normalized spacial score (nSPS) is 10.7. The first-order valence-electron chi connectivity index (χ1n) is 3.54. The standard InChI is InChI=1S/C9H9NS/c1-6-4-7-5-8(11)2-3-9(7)10-6/h2-5,10-11H,1H3. The van der Waals surface area contributed by atoms with Crippen LogP contribution in [0.1, 0.15) is 5.69 Å². The second kappa shape index (κ2) is 2.31. The van der Waals surface area contributed by atoms with Crippen LogP contribution in [-0.2, 0) is 0 Å². The molecule has 1 heterocycles. The SMILES string of the molecule is Cc1cc2cc(S)ccc2[nH]1. The average molecular weight is 163 g/mol. The molecule has 0 amide bonds. The van der Waals surface area contributed by atoms with Crippen LogP contribution in [0.2, 0.25) is 0 Å². The Morgan fingerprint density at radius 2 is 2.09 bits per heavy atom. The van der Waals surface area contributed by atoms with Crippen LogP contribution >= 0.6 is 12.6 Å². The van der Waals surface area contributed by atoms with E-state index in [2.05, 4.69) is 36.7 Å². The number of aryl methyl sites for hydroxylation is 1. The Kier molecular flexibility index (Phi) is 1.43. The summed E-state index contributed by atoms with van der Waals surface area (Å²) >= 11 is 4.26. The molecule has 0 radical (unpaired) electrons. The molecule has 0 saturated carbocycles. The van der Waals surface area contributed by atoms with E-state index in [-0.39, 0.29) is 0 Å². The van der Waals surface area contributed by atoms with Crippen LogP contribution in [0.3, 0.4) is 0 Å². The van der Waals surface area contributed by atoms with Gasteiger partial charge in [-0.3, -0.25) is 0 Å². The molecule has 1 aromatic heterocycles. The number of fused-ring (bicyclic) bond motifs is 1. The van der Waals surface area contributed by atoms with Gasteiger partial charge in [0.15, 0.2) is 0 Å². The third kappa shape index (κ3) is 1.14. The van der Waals surface area contributed by atoms with Crippen LogP contribution in [0.4, 0.5) is 0 Å². The molecule has 2 heteroatoms. The van der Waals surface area contributed by atoms with Crippen LogP contribution in [0.15, 0.2) is 29.2 Å². The highest BCUT2D eigenvalue weighted by Gasteiger charge is 1.95. The van der Waals surface area contributed by atoms with Crippen molar-refractivity contribution in [1.82, 2.24) is 4.98 Å². The van der Waals surface area contributed by atoms with Gasteiger partial charge in [0.25, 0.3) is 0 Å². The van der Waals surface area contributed by atoms with E-state index < -0.39 is 0 Å². The summed E-state index contributed by atoms with van der Waals surface area (Å²) in [7, 11) is 0. The molecule has 0 atom stereocenters. The fourth-order valence-electron chi connectivity index (χ4n) is 1.27. The molecular weight excluding hydrogens is 154 g/mol. The number of thiol groups is 1. The molecule has 2 rings (SSSR count). The van der Waals surface area contributed by atoms with E-state index in [1.807, 2.05) is 12.1 Å². The van der Waals surface area contributed by atoms with Crippen molar-refractivity contribution in [3.05, 3.63) is 30.0 Å². The molecule has 56 valence electrons. The summed E-state index contributed by atoms with van der Waals surface area (Å²) < 4.78 is 0. The summed E-state index contributed by atoms with van der Waals surface area (Å²) in [5.41, 5.74) is 2.37. The molecule has 0 bridgehead atoms. The van der Waals surface area contributed by atoms with Crippen molar-refractivity contribution >= 4 is 23.5 Å². The molecule has 0 saturated heterocycles. The predicted molar refractivity (Wildman–Crippen MR) is 50.3 cm³/mol. The lowest BCUT2D eigenvalue weighted by Crippen LogP contribution is -1.67. The molecule has 0 aliphatic rings. The molecule has 0 spiro atoms. The van der Waals surface area contributed by atoms with Gasteiger partial charge >= 0.3 is 0 Å². The number of H-pyrrole nitrogens is 1. The maximum atomic E-state index is 4.26. The van der Waals surface area contributed by atoms with Gasteiger partial charge in [-0.15, -0.1) is 12.6 Å². The topological polar surface area (TPSA) is 15.8 Å². The average Bonchev–Trinajstić information content (AvgIpc) is 2.27. The minimum absolute atomic E-state index is 1.01. The molecule has 0 fully saturated rings. The number of aromatic amines is 1. The van der Waals surface area contributed by atoms with Gasteiger partial charge in [-0.1, -0.05) is 0 Å². The van der Waals surface area contributed by atoms with E-state index in [9.17, 15) is 0 Å². The number of rotatable bonds is 0. The maximum Gasteiger partial charge on any atom is 0.0456 e. The van der Waals surface area contributed by atoms with Crippen molar-refractivity contribution in [2.75, 3.05) is 0 Å². The van der Waals surface area contributed by atoms with Crippen molar-refractivity contribution in [1.29, 1.82) is 0 Å². The summed E-state index contributed by atoms with van der Waals surface area (Å²) in [4.78, 5) is 4.26. The number of nitrogens with one attached hydrogen (secondary N) is 1. The van der Waals surface area contributed by atoms with Crippen molar-refractivity contribution < 1.29 is 0 Å². The molecule has 0 aliphatic heterocycles. The smallest absolute Gasteiger partial charge is 0.0456 e. The van der Waals surface area contributed by atoms with Crippen molar-refractivity contribution in [3.63, 3.8) is 0 Å². The van der Waals surface area contributed by atoms with Gasteiger partial charge < -0.3 is 4.98 Å². The Morgan fingerprint density at radius 1 is 1.27 bits per heavy atom. The zero-order valence-electron chi connectivity index (χ0n) is 6.26. The monoisotopic (exact) mass is 163 g/mol. The summed E-state index contributed by atoms with van der Waals surface area (Å²) in [6.45, 7) is 2.05. The van der Waals surface area contributed by atoms with Crippen molar-refractivity contribution in [3.8, 4) is 0 Å². The number of hydrogen-bond donors (Lipinski definition) is 2. The molecule has 1 nitrogen and oxygen atoms in total. The lowest BCUT2D eigenvalue weighted by molar-refractivity contribution is 1.30. The molecule has 1 aromatic carbocycles. The largest absolute Gasteiger partial charge is 0.359 e. The lowest BCUT2D eigenvalue weighted by Gasteiger charge is -1.89. The molecular formula is C9H9NS. The Bertz CT molecular complexity index is 389. The van der Waals surface area contributed by atoms with E-state index in [0.29, 0.717) is 0 Å². The van der Waals surface area contributed by atoms with E-state index in [1.54, 1.807) is 0 Å². The molecule has 2 aromatic rings. The molecule has 0 aliphatic carbocycles. The van der Waals surface area contributed by atoms with Gasteiger partial charge in [0.05, 0.1) is 0 Å². The molecule has 11 heavy (non-hydrogen) atoms. The van der Waals surface area contributed by atoms with Gasteiger partial charge in [-0.25, -0.2) is 0 Å². The van der Waals surface area contributed by atoms with Gasteiger partial charge in [-0.05, 0) is 31.2 Å². The van der Waals surface area contributed by atoms with Crippen LogP contribution < -0.4 is 0 Å². The maximum absolute atomic E-state index is 4.26. The van der Waals surface area contributed by atoms with E-state index in [4.69, 9.17) is 0 Å². The lowest BCUT2D eigenvalue weighted by atomic mass is 10.2. The first-order chi connectivity index (χ1) is 5.25. The van der Waals surface area contributed by atoms with Crippen LogP contribution in [0.25, 0.3) is 10.9 Å². The fraction of sp³-hybridized carbons (Fsp3) is 0.111. The van der Waals surface area contributed by atoms with Crippen LogP contribution in [-0.4, -0.2) is 4.98 Å². The van der Waals surface area contributed by atoms with Gasteiger partial charge in [0.2, 0.25) is 0 Å². The first-order valence-corrected chi connectivity index (χ1v) is 3.99. The second-order valence-corrected chi connectivity index (χ2v) is 3.24. The van der Waals surface area contributed by atoms with Crippen LogP contribution in [0, 0.1) is 6.92 Å². The fourth-order valence-corrected chi connectivity index (χ4v) is 1.48. The quantitative estimate of drug-likeness (QED) is 0.555. The Labute approximate surface area is 70.8 Å². The third-order valence-corrected chi connectivity index (χ3v) is 2.02. The van der Waals surface area contributed by atoms with Gasteiger partial charge in [0, 0.05) is 21.5 Å². The highest BCUT2D eigenvalue weighted by Crippen LogP contribution is 2.18. The Hall–Kier alpha value is -0.890. The zero-order valence-corrected chi connectivity index (χ0v) is 7.15. The van der Waals surface area contributed by atoms with E-state index in [1.165, 1.54) is 16.6 Å². The van der Waals surface area contributed by atoms with E-state index in [0.717, 1.165) is 4.90 Å². The number of aromatic nitrogens is 1. The molecule has 0 unspecified atom stereocenters. The highest BCUT2D eigenvalue weighted by atomic mass is 32.1.